The number of rotatable bonds is 7. The topological polar surface area (TPSA) is 73.6 Å². The van der Waals surface area contributed by atoms with Gasteiger partial charge in [0.1, 0.15) is 23.8 Å². The fourth-order valence-electron chi connectivity index (χ4n) is 2.89. The number of nitrogens with one attached hydrogen (secondary N) is 1. The summed E-state index contributed by atoms with van der Waals surface area (Å²) in [5, 5.41) is 7.81. The van der Waals surface area contributed by atoms with Crippen LogP contribution in [0.2, 0.25) is 0 Å². The summed E-state index contributed by atoms with van der Waals surface area (Å²) in [5.41, 5.74) is 3.55. The minimum atomic E-state index is -0.112. The third kappa shape index (κ3) is 4.14. The molecule has 1 heterocycles. The molecule has 1 N–H and O–H groups in total. The minimum absolute atomic E-state index is 0.112. The van der Waals surface area contributed by atoms with Crippen LogP contribution in [-0.2, 0) is 11.2 Å². The molecule has 2 aromatic carbocycles. The van der Waals surface area contributed by atoms with E-state index in [1.54, 1.807) is 7.11 Å². The van der Waals surface area contributed by atoms with Gasteiger partial charge in [-0.2, -0.15) is 0 Å². The zero-order chi connectivity index (χ0) is 18.5. The summed E-state index contributed by atoms with van der Waals surface area (Å²) < 4.78 is 16.0. The van der Waals surface area contributed by atoms with Gasteiger partial charge in [0.15, 0.2) is 5.58 Å². The first-order valence-electron chi connectivity index (χ1n) is 8.46. The molecule has 0 spiro atoms. The summed E-state index contributed by atoms with van der Waals surface area (Å²) >= 11 is 0. The number of amides is 1. The molecule has 0 aliphatic rings. The van der Waals surface area contributed by atoms with Crippen molar-refractivity contribution in [3.8, 4) is 11.5 Å². The van der Waals surface area contributed by atoms with Gasteiger partial charge in [0.05, 0.1) is 20.1 Å². The van der Waals surface area contributed by atoms with E-state index in [1.807, 2.05) is 44.2 Å². The highest BCUT2D eigenvalue weighted by Gasteiger charge is 2.14. The standard InChI is InChI=1S/C20H22N2O4/c1-13-10-14(2)20-17(22-26-18(20)11-13)12-19(23)21-8-9-25-16-6-4-15(24-3)5-7-16/h4-7,10-11H,8-9,12H2,1-3H3,(H,21,23). The molecule has 0 saturated carbocycles. The number of carbonyl (C=O) groups is 1. The quantitative estimate of drug-likeness (QED) is 0.660. The molecule has 0 aliphatic carbocycles. The number of hydrogen-bond donors (Lipinski definition) is 1. The SMILES string of the molecule is COc1ccc(OCCNC(=O)Cc2noc3cc(C)cc(C)c23)cc1. The molecule has 0 radical (unpaired) electrons. The smallest absolute Gasteiger partial charge is 0.226 e. The number of hydrogen-bond acceptors (Lipinski definition) is 5. The highest BCUT2D eigenvalue weighted by molar-refractivity contribution is 5.88. The first-order valence-corrected chi connectivity index (χ1v) is 8.46. The Balaban J connectivity index is 1.50. The van der Waals surface area contributed by atoms with Gasteiger partial charge in [0.25, 0.3) is 0 Å². The summed E-state index contributed by atoms with van der Waals surface area (Å²) in [4.78, 5) is 12.2. The lowest BCUT2D eigenvalue weighted by Gasteiger charge is -2.08. The first kappa shape index (κ1) is 17.8. The lowest BCUT2D eigenvalue weighted by Crippen LogP contribution is -2.29. The van der Waals surface area contributed by atoms with Crippen LogP contribution >= 0.6 is 0 Å². The molecule has 3 rings (SSSR count). The van der Waals surface area contributed by atoms with E-state index in [9.17, 15) is 4.79 Å². The Morgan fingerprint density at radius 3 is 2.62 bits per heavy atom. The number of carbonyl (C=O) groups excluding carboxylic acids is 1. The maximum atomic E-state index is 12.2. The average Bonchev–Trinajstić information content (AvgIpc) is 3.02. The summed E-state index contributed by atoms with van der Waals surface area (Å²) in [6.45, 7) is 4.80. The molecule has 1 aromatic heterocycles. The van der Waals surface area contributed by atoms with E-state index in [4.69, 9.17) is 14.0 Å². The van der Waals surface area contributed by atoms with Gasteiger partial charge in [-0.15, -0.1) is 0 Å². The van der Waals surface area contributed by atoms with E-state index in [0.717, 1.165) is 28.0 Å². The Labute approximate surface area is 152 Å². The molecule has 6 heteroatoms. The van der Waals surface area contributed by atoms with Crippen LogP contribution in [-0.4, -0.2) is 31.3 Å². The second-order valence-electron chi connectivity index (χ2n) is 6.13. The predicted molar refractivity (Wildman–Crippen MR) is 98.7 cm³/mol. The number of methoxy groups -OCH3 is 1. The molecule has 3 aromatic rings. The molecule has 1 amide bonds. The second kappa shape index (κ2) is 7.91. The summed E-state index contributed by atoms with van der Waals surface area (Å²) in [5.74, 6) is 1.39. The molecule has 136 valence electrons. The van der Waals surface area contributed by atoms with E-state index >= 15 is 0 Å². The number of aromatic nitrogens is 1. The van der Waals surface area contributed by atoms with E-state index in [0.29, 0.717) is 24.4 Å². The highest BCUT2D eigenvalue weighted by atomic mass is 16.5. The average molecular weight is 354 g/mol. The number of fused-ring (bicyclic) bond motifs is 1. The van der Waals surface area contributed by atoms with Crippen LogP contribution < -0.4 is 14.8 Å². The van der Waals surface area contributed by atoms with E-state index in [2.05, 4.69) is 16.5 Å². The Kier molecular flexibility index (Phi) is 5.41. The molecule has 0 fully saturated rings. The Hall–Kier alpha value is -3.02. The van der Waals surface area contributed by atoms with Crippen LogP contribution in [0.25, 0.3) is 11.0 Å². The predicted octanol–water partition coefficient (Wildman–Crippen LogP) is 3.19. The van der Waals surface area contributed by atoms with Gasteiger partial charge in [-0.25, -0.2) is 0 Å². The zero-order valence-corrected chi connectivity index (χ0v) is 15.2. The summed E-state index contributed by atoms with van der Waals surface area (Å²) in [7, 11) is 1.62. The van der Waals surface area contributed by atoms with Crippen molar-refractivity contribution in [1.82, 2.24) is 10.5 Å². The van der Waals surface area contributed by atoms with Crippen LogP contribution in [0.3, 0.4) is 0 Å². The van der Waals surface area contributed by atoms with Crippen molar-refractivity contribution in [2.75, 3.05) is 20.3 Å². The fourth-order valence-corrected chi connectivity index (χ4v) is 2.89. The van der Waals surface area contributed by atoms with Crippen LogP contribution in [0, 0.1) is 13.8 Å². The van der Waals surface area contributed by atoms with E-state index < -0.39 is 0 Å². The van der Waals surface area contributed by atoms with Crippen molar-refractivity contribution in [3.05, 3.63) is 53.2 Å². The van der Waals surface area contributed by atoms with Crippen LogP contribution in [0.15, 0.2) is 40.9 Å². The second-order valence-corrected chi connectivity index (χ2v) is 6.13. The maximum absolute atomic E-state index is 12.2. The summed E-state index contributed by atoms with van der Waals surface area (Å²) in [6, 6.07) is 11.3. The third-order valence-corrected chi connectivity index (χ3v) is 4.07. The van der Waals surface area contributed by atoms with Crippen molar-refractivity contribution in [2.45, 2.75) is 20.3 Å². The molecule has 26 heavy (non-hydrogen) atoms. The van der Waals surface area contributed by atoms with Crippen molar-refractivity contribution < 1.29 is 18.8 Å². The Morgan fingerprint density at radius 1 is 1.15 bits per heavy atom. The van der Waals surface area contributed by atoms with Crippen LogP contribution in [0.5, 0.6) is 11.5 Å². The van der Waals surface area contributed by atoms with E-state index in [1.165, 1.54) is 0 Å². The van der Waals surface area contributed by atoms with Crippen LogP contribution in [0.1, 0.15) is 16.8 Å². The highest BCUT2D eigenvalue weighted by Crippen LogP contribution is 2.24. The fraction of sp³-hybridized carbons (Fsp3) is 0.300. The van der Waals surface area contributed by atoms with Gasteiger partial charge in [0.2, 0.25) is 5.91 Å². The molecule has 0 unspecified atom stereocenters. The number of aryl methyl sites for hydroxylation is 2. The third-order valence-electron chi connectivity index (χ3n) is 4.07. The Morgan fingerprint density at radius 2 is 1.88 bits per heavy atom. The zero-order valence-electron chi connectivity index (χ0n) is 15.2. The molecule has 0 saturated heterocycles. The van der Waals surface area contributed by atoms with Crippen molar-refractivity contribution in [1.29, 1.82) is 0 Å². The molecular formula is C20H22N2O4. The van der Waals surface area contributed by atoms with Gasteiger partial charge < -0.3 is 19.3 Å². The lowest BCUT2D eigenvalue weighted by molar-refractivity contribution is -0.120. The number of benzene rings is 2. The van der Waals surface area contributed by atoms with Gasteiger partial charge in [-0.1, -0.05) is 11.2 Å². The van der Waals surface area contributed by atoms with Gasteiger partial charge in [-0.05, 0) is 55.3 Å². The monoisotopic (exact) mass is 354 g/mol. The van der Waals surface area contributed by atoms with Crippen molar-refractivity contribution in [3.63, 3.8) is 0 Å². The Bertz CT molecular complexity index is 900. The largest absolute Gasteiger partial charge is 0.497 e. The molecule has 6 nitrogen and oxygen atoms in total. The number of ether oxygens (including phenoxy) is 2. The molecule has 0 bridgehead atoms. The lowest BCUT2D eigenvalue weighted by atomic mass is 10.0. The van der Waals surface area contributed by atoms with Crippen molar-refractivity contribution in [2.24, 2.45) is 0 Å². The molecule has 0 atom stereocenters. The normalized spacial score (nSPS) is 10.7. The molecular weight excluding hydrogens is 332 g/mol. The molecule has 0 aliphatic heterocycles. The van der Waals surface area contributed by atoms with Crippen LogP contribution in [0.4, 0.5) is 0 Å². The maximum Gasteiger partial charge on any atom is 0.226 e. The van der Waals surface area contributed by atoms with Crippen molar-refractivity contribution >= 4 is 16.9 Å². The van der Waals surface area contributed by atoms with Gasteiger partial charge in [-0.3, -0.25) is 4.79 Å². The van der Waals surface area contributed by atoms with Gasteiger partial charge >= 0.3 is 0 Å². The number of nitrogens with zero attached hydrogens (tertiary/aromatic N) is 1. The van der Waals surface area contributed by atoms with E-state index in [-0.39, 0.29) is 12.3 Å². The van der Waals surface area contributed by atoms with Gasteiger partial charge in [0, 0.05) is 5.39 Å². The summed E-state index contributed by atoms with van der Waals surface area (Å²) in [6.07, 6.45) is 0.180. The first-order chi connectivity index (χ1) is 12.6. The minimum Gasteiger partial charge on any atom is -0.497 e.